The van der Waals surface area contributed by atoms with E-state index >= 15 is 0 Å². The van der Waals surface area contributed by atoms with E-state index in [-0.39, 0.29) is 17.9 Å². The Hall–Kier alpha value is -2.73. The van der Waals surface area contributed by atoms with Crippen LogP contribution in [0.3, 0.4) is 0 Å². The number of amides is 1. The summed E-state index contributed by atoms with van der Waals surface area (Å²) in [5, 5.41) is 4.13. The van der Waals surface area contributed by atoms with Crippen LogP contribution in [0.25, 0.3) is 11.1 Å². The quantitative estimate of drug-likeness (QED) is 0.661. The van der Waals surface area contributed by atoms with Crippen LogP contribution >= 0.6 is 11.3 Å². The lowest BCUT2D eigenvalue weighted by Gasteiger charge is -2.32. The molecule has 1 aliphatic heterocycles. The summed E-state index contributed by atoms with van der Waals surface area (Å²) in [4.78, 5) is 18.5. The van der Waals surface area contributed by atoms with E-state index in [9.17, 15) is 9.18 Å². The van der Waals surface area contributed by atoms with Crippen molar-refractivity contribution in [3.63, 3.8) is 0 Å². The number of hydrogen-bond acceptors (Lipinski definition) is 4. The van der Waals surface area contributed by atoms with Gasteiger partial charge in [0, 0.05) is 37.7 Å². The van der Waals surface area contributed by atoms with Gasteiger partial charge in [0.25, 0.3) is 11.8 Å². The molecular formula is C21H19FN2O2S. The van der Waals surface area contributed by atoms with Crippen molar-refractivity contribution in [2.75, 3.05) is 13.1 Å². The van der Waals surface area contributed by atoms with Gasteiger partial charge in [-0.2, -0.15) is 11.3 Å². The lowest BCUT2D eigenvalue weighted by atomic mass is 10.0. The molecule has 1 amide bonds. The van der Waals surface area contributed by atoms with Crippen molar-refractivity contribution in [1.82, 2.24) is 9.88 Å². The second-order valence-corrected chi connectivity index (χ2v) is 7.27. The first-order valence-electron chi connectivity index (χ1n) is 8.90. The largest absolute Gasteiger partial charge is 0.472 e. The Morgan fingerprint density at radius 3 is 2.56 bits per heavy atom. The minimum atomic E-state index is -0.457. The van der Waals surface area contributed by atoms with E-state index in [2.05, 4.69) is 16.4 Å². The Bertz CT molecular complexity index is 904. The molecule has 0 spiro atoms. The summed E-state index contributed by atoms with van der Waals surface area (Å²) in [6, 6.07) is 12.6. The van der Waals surface area contributed by atoms with Crippen LogP contribution in [0.4, 0.5) is 4.39 Å². The molecule has 0 bridgehead atoms. The molecule has 0 atom stereocenters. The number of pyridine rings is 1. The minimum Gasteiger partial charge on any atom is -0.472 e. The summed E-state index contributed by atoms with van der Waals surface area (Å²) in [5.41, 5.74) is 2.96. The molecular weight excluding hydrogens is 363 g/mol. The van der Waals surface area contributed by atoms with Crippen molar-refractivity contribution < 1.29 is 13.9 Å². The summed E-state index contributed by atoms with van der Waals surface area (Å²) in [7, 11) is 0. The molecule has 6 heteroatoms. The number of thiophene rings is 1. The molecule has 0 N–H and O–H groups in total. The maximum Gasteiger partial charge on any atom is 0.253 e. The number of likely N-dealkylation sites (tertiary alicyclic amines) is 1. The van der Waals surface area contributed by atoms with Crippen molar-refractivity contribution >= 4 is 17.2 Å². The molecule has 3 heterocycles. The predicted molar refractivity (Wildman–Crippen MR) is 104 cm³/mol. The summed E-state index contributed by atoms with van der Waals surface area (Å²) in [5.74, 6) is -0.401. The van der Waals surface area contributed by atoms with E-state index in [0.29, 0.717) is 31.5 Å². The van der Waals surface area contributed by atoms with Crippen LogP contribution in [0, 0.1) is 5.82 Å². The van der Waals surface area contributed by atoms with Gasteiger partial charge in [0.05, 0.1) is 0 Å². The molecule has 4 nitrogen and oxygen atoms in total. The van der Waals surface area contributed by atoms with Crippen LogP contribution in [-0.2, 0) is 0 Å². The van der Waals surface area contributed by atoms with Crippen molar-refractivity contribution in [1.29, 1.82) is 0 Å². The van der Waals surface area contributed by atoms with Crippen LogP contribution in [-0.4, -0.2) is 35.0 Å². The highest BCUT2D eigenvalue weighted by atomic mass is 32.1. The molecule has 3 aromatic rings. The average molecular weight is 382 g/mol. The minimum absolute atomic E-state index is 0.0225. The highest BCUT2D eigenvalue weighted by Crippen LogP contribution is 2.24. The van der Waals surface area contributed by atoms with Gasteiger partial charge in [0.2, 0.25) is 0 Å². The molecule has 0 radical (unpaired) electrons. The monoisotopic (exact) mass is 382 g/mol. The molecule has 138 valence electrons. The van der Waals surface area contributed by atoms with Crippen molar-refractivity contribution in [2.24, 2.45) is 0 Å². The smallest absolute Gasteiger partial charge is 0.253 e. The Labute approximate surface area is 161 Å². The topological polar surface area (TPSA) is 42.4 Å². The molecule has 0 aliphatic carbocycles. The molecule has 4 rings (SSSR count). The Morgan fingerprint density at radius 2 is 1.89 bits per heavy atom. The van der Waals surface area contributed by atoms with Crippen molar-refractivity contribution in [3.05, 3.63) is 70.8 Å². The Kier molecular flexibility index (Phi) is 5.16. The van der Waals surface area contributed by atoms with Gasteiger partial charge in [-0.15, -0.1) is 0 Å². The normalized spacial score (nSPS) is 14.9. The van der Waals surface area contributed by atoms with Gasteiger partial charge >= 0.3 is 0 Å². The zero-order valence-electron chi connectivity index (χ0n) is 14.7. The van der Waals surface area contributed by atoms with Gasteiger partial charge in [0.1, 0.15) is 6.10 Å². The second-order valence-electron chi connectivity index (χ2n) is 6.49. The third kappa shape index (κ3) is 4.01. The molecule has 2 aromatic heterocycles. The standard InChI is InChI=1S/C21H19FN2O2S/c22-19-2-1-10-23-20(19)26-18-7-11-24(12-8-18)21(25)16-5-3-15(4-6-16)17-9-13-27-14-17/h1-6,9-10,13-14,18H,7-8,11-12H2. The van der Waals surface area contributed by atoms with E-state index in [1.165, 1.54) is 23.9 Å². The third-order valence-corrected chi connectivity index (χ3v) is 5.40. The van der Waals surface area contributed by atoms with Gasteiger partial charge in [-0.25, -0.2) is 9.37 Å². The van der Waals surface area contributed by atoms with Gasteiger partial charge < -0.3 is 9.64 Å². The van der Waals surface area contributed by atoms with Gasteiger partial charge in [-0.1, -0.05) is 12.1 Å². The van der Waals surface area contributed by atoms with Crippen LogP contribution in [0.2, 0.25) is 0 Å². The zero-order valence-corrected chi connectivity index (χ0v) is 15.5. The van der Waals surface area contributed by atoms with Gasteiger partial charge in [-0.3, -0.25) is 4.79 Å². The van der Waals surface area contributed by atoms with Crippen LogP contribution in [0.1, 0.15) is 23.2 Å². The van der Waals surface area contributed by atoms with Crippen LogP contribution in [0.15, 0.2) is 59.4 Å². The number of carbonyl (C=O) groups is 1. The van der Waals surface area contributed by atoms with Crippen LogP contribution in [0.5, 0.6) is 5.88 Å². The fourth-order valence-corrected chi connectivity index (χ4v) is 3.87. The molecule has 1 saturated heterocycles. The number of nitrogens with zero attached hydrogens (tertiary/aromatic N) is 2. The van der Waals surface area contributed by atoms with Crippen molar-refractivity contribution in [3.8, 4) is 17.0 Å². The lowest BCUT2D eigenvalue weighted by Crippen LogP contribution is -2.41. The number of piperidine rings is 1. The maximum atomic E-state index is 13.7. The lowest BCUT2D eigenvalue weighted by molar-refractivity contribution is 0.0579. The first-order chi connectivity index (χ1) is 13.2. The van der Waals surface area contributed by atoms with Crippen molar-refractivity contribution in [2.45, 2.75) is 18.9 Å². The fraction of sp³-hybridized carbons (Fsp3) is 0.238. The van der Waals surface area contributed by atoms with E-state index in [1.54, 1.807) is 11.3 Å². The number of rotatable bonds is 4. The van der Waals surface area contributed by atoms with Crippen LogP contribution < -0.4 is 4.74 Å². The van der Waals surface area contributed by atoms with Gasteiger partial charge in [-0.05, 0) is 52.2 Å². The predicted octanol–water partition coefficient (Wildman–Crippen LogP) is 4.63. The third-order valence-electron chi connectivity index (χ3n) is 4.72. The first kappa shape index (κ1) is 17.7. The molecule has 0 unspecified atom stereocenters. The first-order valence-corrected chi connectivity index (χ1v) is 9.84. The molecule has 0 saturated carbocycles. The Morgan fingerprint density at radius 1 is 1.11 bits per heavy atom. The average Bonchev–Trinajstić information content (AvgIpc) is 3.25. The zero-order chi connectivity index (χ0) is 18.6. The molecule has 27 heavy (non-hydrogen) atoms. The SMILES string of the molecule is O=C(c1ccc(-c2ccsc2)cc1)N1CCC(Oc2ncccc2F)CC1. The summed E-state index contributed by atoms with van der Waals surface area (Å²) in [6.07, 6.45) is 2.71. The summed E-state index contributed by atoms with van der Waals surface area (Å²) in [6.45, 7) is 1.18. The van der Waals surface area contributed by atoms with E-state index in [4.69, 9.17) is 4.74 Å². The maximum absolute atomic E-state index is 13.7. The van der Waals surface area contributed by atoms with E-state index < -0.39 is 5.82 Å². The highest BCUT2D eigenvalue weighted by molar-refractivity contribution is 7.08. The summed E-state index contributed by atoms with van der Waals surface area (Å²) < 4.78 is 19.3. The summed E-state index contributed by atoms with van der Waals surface area (Å²) >= 11 is 1.65. The van der Waals surface area contributed by atoms with E-state index in [0.717, 1.165) is 5.56 Å². The fourth-order valence-electron chi connectivity index (χ4n) is 3.21. The molecule has 1 aliphatic rings. The molecule has 1 fully saturated rings. The highest BCUT2D eigenvalue weighted by Gasteiger charge is 2.25. The number of aromatic nitrogens is 1. The number of carbonyl (C=O) groups excluding carboxylic acids is 1. The second kappa shape index (κ2) is 7.88. The number of hydrogen-bond donors (Lipinski definition) is 0. The number of ether oxygens (including phenoxy) is 1. The number of halogens is 1. The van der Waals surface area contributed by atoms with Gasteiger partial charge in [0.15, 0.2) is 5.82 Å². The molecule has 1 aromatic carbocycles. The van der Waals surface area contributed by atoms with E-state index in [1.807, 2.05) is 34.5 Å². The Balaban J connectivity index is 1.35. The number of benzene rings is 1.